The lowest BCUT2D eigenvalue weighted by atomic mass is 9.99. The molecule has 2 fully saturated rings. The van der Waals surface area contributed by atoms with Crippen molar-refractivity contribution >= 4 is 23.1 Å². The summed E-state index contributed by atoms with van der Waals surface area (Å²) in [6.07, 6.45) is 7.08. The Balaban J connectivity index is 1.35. The third-order valence-electron chi connectivity index (χ3n) is 6.07. The van der Waals surface area contributed by atoms with Crippen LogP contribution >= 0.6 is 0 Å². The molecule has 1 aromatic heterocycles. The van der Waals surface area contributed by atoms with Crippen molar-refractivity contribution in [2.24, 2.45) is 5.92 Å². The van der Waals surface area contributed by atoms with E-state index in [4.69, 9.17) is 0 Å². The second kappa shape index (κ2) is 9.25. The second-order valence-electron chi connectivity index (χ2n) is 8.35. The lowest BCUT2D eigenvalue weighted by Crippen LogP contribution is -2.32. The maximum Gasteiger partial charge on any atom is 0.274 e. The monoisotopic (exact) mass is 393 g/mol. The Morgan fingerprint density at radius 1 is 0.897 bits per heavy atom. The molecule has 0 atom stereocenters. The fourth-order valence-electron chi connectivity index (χ4n) is 4.12. The first-order valence-electron chi connectivity index (χ1n) is 10.9. The van der Waals surface area contributed by atoms with Crippen LogP contribution in [0.5, 0.6) is 0 Å². The molecule has 29 heavy (non-hydrogen) atoms. The molecule has 0 bridgehead atoms. The van der Waals surface area contributed by atoms with Crippen LogP contribution in [0.4, 0.5) is 17.2 Å². The summed E-state index contributed by atoms with van der Waals surface area (Å²) in [5.41, 5.74) is 2.67. The van der Waals surface area contributed by atoms with E-state index in [1.165, 1.54) is 31.4 Å². The third-order valence-corrected chi connectivity index (χ3v) is 6.07. The smallest absolute Gasteiger partial charge is 0.274 e. The first-order chi connectivity index (χ1) is 14.2. The highest BCUT2D eigenvalue weighted by Gasteiger charge is 2.19. The molecule has 3 heterocycles. The number of carbonyl (C=O) groups excluding carboxylic acids is 1. The van der Waals surface area contributed by atoms with Gasteiger partial charge in [-0.05, 0) is 68.0 Å². The quantitative estimate of drug-likeness (QED) is 0.830. The average Bonchev–Trinajstić information content (AvgIpc) is 3.05. The van der Waals surface area contributed by atoms with Crippen molar-refractivity contribution in [2.45, 2.75) is 45.4 Å². The van der Waals surface area contributed by atoms with Crippen molar-refractivity contribution in [1.29, 1.82) is 0 Å². The highest BCUT2D eigenvalue weighted by molar-refractivity contribution is 5.92. The molecule has 0 spiro atoms. The number of nitrogens with zero attached hydrogens (tertiary/aromatic N) is 4. The molecule has 6 nitrogen and oxygen atoms in total. The molecule has 2 aliphatic heterocycles. The number of nitrogens with one attached hydrogen (secondary N) is 1. The molecule has 154 valence electrons. The minimum Gasteiger partial charge on any atom is -0.372 e. The molecule has 0 saturated carbocycles. The molecule has 2 aromatic rings. The molecule has 4 rings (SSSR count). The first-order valence-corrected chi connectivity index (χ1v) is 10.9. The van der Waals surface area contributed by atoms with Crippen molar-refractivity contribution in [3.05, 3.63) is 42.1 Å². The number of amides is 1. The standard InChI is InChI=1S/C23H31N5O/c1-18-12-16-27(17-13-18)20-8-6-19(7-9-20)24-22-11-10-21(25-26-22)23(29)28-14-4-2-3-5-15-28/h6-11,18H,2-5,12-17H2,1H3,(H,24,26). The highest BCUT2D eigenvalue weighted by Crippen LogP contribution is 2.25. The second-order valence-corrected chi connectivity index (χ2v) is 8.35. The number of aromatic nitrogens is 2. The number of hydrogen-bond acceptors (Lipinski definition) is 5. The summed E-state index contributed by atoms with van der Waals surface area (Å²) in [5.74, 6) is 1.48. The first kappa shape index (κ1) is 19.7. The number of benzene rings is 1. The molecule has 1 amide bonds. The molecular weight excluding hydrogens is 362 g/mol. The van der Waals surface area contributed by atoms with Gasteiger partial charge in [-0.3, -0.25) is 4.79 Å². The molecule has 6 heteroatoms. The molecule has 2 saturated heterocycles. The van der Waals surface area contributed by atoms with E-state index in [-0.39, 0.29) is 5.91 Å². The van der Waals surface area contributed by atoms with Gasteiger partial charge in [-0.2, -0.15) is 0 Å². The average molecular weight is 394 g/mol. The van der Waals surface area contributed by atoms with E-state index in [9.17, 15) is 4.79 Å². The summed E-state index contributed by atoms with van der Waals surface area (Å²) in [7, 11) is 0. The maximum absolute atomic E-state index is 12.6. The fraction of sp³-hybridized carbons (Fsp3) is 0.522. The Hall–Kier alpha value is -2.63. The van der Waals surface area contributed by atoms with Crippen LogP contribution in [0.1, 0.15) is 55.9 Å². The maximum atomic E-state index is 12.6. The minimum atomic E-state index is -0.00819. The van der Waals surface area contributed by atoms with Crippen LogP contribution in [0.15, 0.2) is 36.4 Å². The Morgan fingerprint density at radius 3 is 2.21 bits per heavy atom. The van der Waals surface area contributed by atoms with E-state index in [1.54, 1.807) is 6.07 Å². The number of rotatable bonds is 4. The van der Waals surface area contributed by atoms with Crippen LogP contribution in [0.3, 0.4) is 0 Å². The number of anilines is 3. The van der Waals surface area contributed by atoms with Gasteiger partial charge in [0, 0.05) is 37.6 Å². The molecular formula is C23H31N5O. The van der Waals surface area contributed by atoms with Gasteiger partial charge in [0.15, 0.2) is 11.5 Å². The van der Waals surface area contributed by atoms with Crippen LogP contribution in [0.2, 0.25) is 0 Å². The number of piperidine rings is 1. The Kier molecular flexibility index (Phi) is 6.27. The van der Waals surface area contributed by atoms with Gasteiger partial charge >= 0.3 is 0 Å². The summed E-state index contributed by atoms with van der Waals surface area (Å²) in [4.78, 5) is 17.0. The topological polar surface area (TPSA) is 61.4 Å². The number of carbonyl (C=O) groups is 1. The van der Waals surface area contributed by atoms with E-state index in [0.717, 1.165) is 50.6 Å². The Labute approximate surface area is 173 Å². The Morgan fingerprint density at radius 2 is 1.59 bits per heavy atom. The zero-order chi connectivity index (χ0) is 20.1. The van der Waals surface area contributed by atoms with Crippen LogP contribution in [0, 0.1) is 5.92 Å². The van der Waals surface area contributed by atoms with E-state index in [0.29, 0.717) is 11.5 Å². The van der Waals surface area contributed by atoms with Gasteiger partial charge in [0.1, 0.15) is 0 Å². The predicted octanol–water partition coefficient (Wildman–Crippen LogP) is 4.47. The van der Waals surface area contributed by atoms with E-state index >= 15 is 0 Å². The van der Waals surface area contributed by atoms with Crippen molar-refractivity contribution in [1.82, 2.24) is 15.1 Å². The van der Waals surface area contributed by atoms with Crippen LogP contribution in [-0.2, 0) is 0 Å². The van der Waals surface area contributed by atoms with Crippen molar-refractivity contribution < 1.29 is 4.79 Å². The molecule has 2 aliphatic rings. The Bertz CT molecular complexity index is 789. The number of likely N-dealkylation sites (tertiary alicyclic amines) is 1. The van der Waals surface area contributed by atoms with Gasteiger partial charge in [-0.15, -0.1) is 10.2 Å². The van der Waals surface area contributed by atoms with Gasteiger partial charge in [0.2, 0.25) is 0 Å². The summed E-state index contributed by atoms with van der Waals surface area (Å²) < 4.78 is 0. The van der Waals surface area contributed by atoms with Crippen molar-refractivity contribution in [2.75, 3.05) is 36.4 Å². The number of hydrogen-bond donors (Lipinski definition) is 1. The molecule has 0 aliphatic carbocycles. The van der Waals surface area contributed by atoms with Gasteiger partial charge in [0.05, 0.1) is 0 Å². The third kappa shape index (κ3) is 5.05. The summed E-state index contributed by atoms with van der Waals surface area (Å²) in [5, 5.41) is 11.7. The zero-order valence-electron chi connectivity index (χ0n) is 17.3. The summed E-state index contributed by atoms with van der Waals surface area (Å²) in [6, 6.07) is 12.1. The largest absolute Gasteiger partial charge is 0.372 e. The lowest BCUT2D eigenvalue weighted by molar-refractivity contribution is 0.0754. The normalized spacial score (nSPS) is 18.4. The zero-order valence-corrected chi connectivity index (χ0v) is 17.3. The minimum absolute atomic E-state index is 0.00819. The van der Waals surface area contributed by atoms with Crippen LogP contribution < -0.4 is 10.2 Å². The van der Waals surface area contributed by atoms with Gasteiger partial charge < -0.3 is 15.1 Å². The van der Waals surface area contributed by atoms with Crippen LogP contribution in [0.25, 0.3) is 0 Å². The lowest BCUT2D eigenvalue weighted by Gasteiger charge is -2.32. The molecule has 1 N–H and O–H groups in total. The van der Waals surface area contributed by atoms with E-state index in [1.807, 2.05) is 11.0 Å². The predicted molar refractivity (Wildman–Crippen MR) is 117 cm³/mol. The summed E-state index contributed by atoms with van der Waals surface area (Å²) >= 11 is 0. The van der Waals surface area contributed by atoms with Gasteiger partial charge in [0.25, 0.3) is 5.91 Å². The van der Waals surface area contributed by atoms with E-state index in [2.05, 4.69) is 51.6 Å². The van der Waals surface area contributed by atoms with E-state index < -0.39 is 0 Å². The molecule has 1 aromatic carbocycles. The SMILES string of the molecule is CC1CCN(c2ccc(Nc3ccc(C(=O)N4CCCCCC4)nn3)cc2)CC1. The molecule has 0 unspecified atom stereocenters. The van der Waals surface area contributed by atoms with Gasteiger partial charge in [-0.25, -0.2) is 0 Å². The summed E-state index contributed by atoms with van der Waals surface area (Å²) in [6.45, 7) is 6.24. The molecule has 0 radical (unpaired) electrons. The van der Waals surface area contributed by atoms with Crippen molar-refractivity contribution in [3.8, 4) is 0 Å². The van der Waals surface area contributed by atoms with Gasteiger partial charge in [-0.1, -0.05) is 19.8 Å². The fourth-order valence-corrected chi connectivity index (χ4v) is 4.12. The van der Waals surface area contributed by atoms with Crippen LogP contribution in [-0.4, -0.2) is 47.2 Å². The van der Waals surface area contributed by atoms with Crippen molar-refractivity contribution in [3.63, 3.8) is 0 Å². The highest BCUT2D eigenvalue weighted by atomic mass is 16.2.